The average molecular weight is 522 g/mol. The number of hydrogen-bond donors (Lipinski definition) is 1. The molecular weight excluding hydrogens is 490 g/mol. The van der Waals surface area contributed by atoms with Crippen LogP contribution in [0.4, 0.5) is 17.3 Å². The van der Waals surface area contributed by atoms with E-state index >= 15 is 0 Å². The number of anilines is 3. The van der Waals surface area contributed by atoms with Gasteiger partial charge in [-0.1, -0.05) is 6.07 Å². The lowest BCUT2D eigenvalue weighted by Crippen LogP contribution is -2.44. The number of rotatable bonds is 6. The van der Waals surface area contributed by atoms with Gasteiger partial charge >= 0.3 is 0 Å². The molecule has 2 aliphatic heterocycles. The third kappa shape index (κ3) is 5.03. The zero-order valence-corrected chi connectivity index (χ0v) is 22.4. The van der Waals surface area contributed by atoms with Crippen molar-refractivity contribution < 1.29 is 0 Å². The molecule has 39 heavy (non-hydrogen) atoms. The quantitative estimate of drug-likeness (QED) is 0.414. The first-order chi connectivity index (χ1) is 19.0. The first kappa shape index (κ1) is 24.9. The van der Waals surface area contributed by atoms with Gasteiger partial charge in [0.2, 0.25) is 5.95 Å². The average Bonchev–Trinajstić information content (AvgIpc) is 3.40. The maximum atomic E-state index is 13.5. The van der Waals surface area contributed by atoms with Crippen LogP contribution < -0.4 is 15.8 Å². The highest BCUT2D eigenvalue weighted by atomic mass is 16.1. The number of aliphatic imine (C=N–C) groups is 2. The van der Waals surface area contributed by atoms with Crippen molar-refractivity contribution in [1.29, 1.82) is 0 Å². The molecule has 5 heterocycles. The number of aromatic nitrogens is 4. The van der Waals surface area contributed by atoms with E-state index in [9.17, 15) is 4.79 Å². The van der Waals surface area contributed by atoms with Crippen LogP contribution in [0, 0.1) is 0 Å². The second-order valence-electron chi connectivity index (χ2n) is 9.96. The Morgan fingerprint density at radius 3 is 2.44 bits per heavy atom. The number of benzene rings is 1. The summed E-state index contributed by atoms with van der Waals surface area (Å²) < 4.78 is 1.68. The van der Waals surface area contributed by atoms with Crippen molar-refractivity contribution in [3.05, 3.63) is 70.9 Å². The van der Waals surface area contributed by atoms with E-state index in [-0.39, 0.29) is 5.56 Å². The van der Waals surface area contributed by atoms with Gasteiger partial charge in [0.15, 0.2) is 5.84 Å². The molecule has 198 valence electrons. The molecule has 1 N–H and O–H groups in total. The summed E-state index contributed by atoms with van der Waals surface area (Å²) in [5.74, 6) is 1.08. The molecule has 6 rings (SSSR count). The van der Waals surface area contributed by atoms with Crippen LogP contribution >= 0.6 is 0 Å². The van der Waals surface area contributed by atoms with E-state index in [1.54, 1.807) is 17.0 Å². The number of amidine groups is 1. The van der Waals surface area contributed by atoms with Gasteiger partial charge < -0.3 is 15.1 Å². The number of aryl methyl sites for hydroxylation is 1. The molecule has 3 aromatic heterocycles. The molecule has 0 unspecified atom stereocenters. The third-order valence-electron chi connectivity index (χ3n) is 7.19. The van der Waals surface area contributed by atoms with Crippen LogP contribution in [0.1, 0.15) is 19.5 Å². The Morgan fingerprint density at radius 2 is 1.77 bits per heavy atom. The number of fused-ring (bicyclic) bond motifs is 1. The number of pyridine rings is 2. The minimum atomic E-state index is -0.118. The number of hydrogen-bond acceptors (Lipinski definition) is 9. The Balaban J connectivity index is 1.25. The first-order valence-corrected chi connectivity index (χ1v) is 13.2. The maximum absolute atomic E-state index is 13.5. The van der Waals surface area contributed by atoms with Crippen LogP contribution in [0.15, 0.2) is 69.6 Å². The van der Waals surface area contributed by atoms with Crippen molar-refractivity contribution in [3.8, 4) is 11.1 Å². The van der Waals surface area contributed by atoms with E-state index in [2.05, 4.69) is 54.2 Å². The lowest BCUT2D eigenvalue weighted by Gasteiger charge is -2.34. The summed E-state index contributed by atoms with van der Waals surface area (Å²) >= 11 is 0. The fourth-order valence-electron chi connectivity index (χ4n) is 4.93. The van der Waals surface area contributed by atoms with Crippen molar-refractivity contribution in [2.45, 2.75) is 20.4 Å². The van der Waals surface area contributed by atoms with Gasteiger partial charge in [0, 0.05) is 78.7 Å². The van der Waals surface area contributed by atoms with Gasteiger partial charge in [0.05, 0.1) is 6.54 Å². The topological polar surface area (TPSA) is 104 Å². The van der Waals surface area contributed by atoms with Crippen LogP contribution in [0.5, 0.6) is 0 Å². The lowest BCUT2D eigenvalue weighted by molar-refractivity contribution is 0.313. The van der Waals surface area contributed by atoms with E-state index in [1.165, 1.54) is 5.69 Å². The van der Waals surface area contributed by atoms with Gasteiger partial charge in [0.1, 0.15) is 11.3 Å². The molecule has 10 nitrogen and oxygen atoms in total. The van der Waals surface area contributed by atoms with Crippen molar-refractivity contribution in [2.75, 3.05) is 50.0 Å². The molecule has 0 saturated carbocycles. The maximum Gasteiger partial charge on any atom is 0.260 e. The summed E-state index contributed by atoms with van der Waals surface area (Å²) in [6, 6.07) is 13.9. The van der Waals surface area contributed by atoms with Gasteiger partial charge in [-0.3, -0.25) is 19.3 Å². The molecule has 1 fully saturated rings. The summed E-state index contributed by atoms with van der Waals surface area (Å²) in [5, 5.41) is 4.07. The fraction of sp³-hybridized carbons (Fsp3) is 0.310. The van der Waals surface area contributed by atoms with E-state index in [1.807, 2.05) is 44.2 Å². The van der Waals surface area contributed by atoms with Gasteiger partial charge in [-0.25, -0.2) is 9.98 Å². The van der Waals surface area contributed by atoms with E-state index in [0.717, 1.165) is 48.5 Å². The minimum absolute atomic E-state index is 0.118. The molecule has 4 aromatic rings. The molecule has 0 radical (unpaired) electrons. The highest BCUT2D eigenvalue weighted by Crippen LogP contribution is 2.24. The monoisotopic (exact) mass is 521 g/mol. The molecule has 0 bridgehead atoms. The predicted octanol–water partition coefficient (Wildman–Crippen LogP) is 3.59. The lowest BCUT2D eigenvalue weighted by atomic mass is 10.1. The van der Waals surface area contributed by atoms with Crippen LogP contribution in [0.25, 0.3) is 22.2 Å². The number of nitrogens with zero attached hydrogens (tertiary/aromatic N) is 8. The molecule has 0 atom stereocenters. The summed E-state index contributed by atoms with van der Waals surface area (Å²) in [5.41, 5.74) is 5.53. The SMILES string of the molecule is CCn1c(=O)c(-c2ccc(C3=NCC(C)=N3)nc2)cc2cnc(Nc3ccc(N4CCN(C)CC4)cc3)nc21. The highest BCUT2D eigenvalue weighted by molar-refractivity contribution is 6.10. The van der Waals surface area contributed by atoms with Crippen molar-refractivity contribution in [3.63, 3.8) is 0 Å². The normalized spacial score (nSPS) is 15.9. The summed E-state index contributed by atoms with van der Waals surface area (Å²) in [6.45, 7) is 9.15. The zero-order chi connectivity index (χ0) is 26.9. The number of likely N-dealkylation sites (N-methyl/N-ethyl adjacent to an activating group) is 1. The second kappa shape index (κ2) is 10.4. The Bertz CT molecular complexity index is 1630. The van der Waals surface area contributed by atoms with Gasteiger partial charge in [-0.2, -0.15) is 4.98 Å². The second-order valence-corrected chi connectivity index (χ2v) is 9.96. The minimum Gasteiger partial charge on any atom is -0.369 e. The highest BCUT2D eigenvalue weighted by Gasteiger charge is 2.16. The van der Waals surface area contributed by atoms with Crippen molar-refractivity contribution in [2.24, 2.45) is 9.98 Å². The smallest absolute Gasteiger partial charge is 0.260 e. The van der Waals surface area contributed by atoms with Crippen LogP contribution in [0.3, 0.4) is 0 Å². The fourth-order valence-corrected chi connectivity index (χ4v) is 4.93. The Hall–Kier alpha value is -4.44. The largest absolute Gasteiger partial charge is 0.369 e. The molecule has 0 amide bonds. The van der Waals surface area contributed by atoms with E-state index in [4.69, 9.17) is 4.98 Å². The standard InChI is InChI=1S/C29H31N9O/c1-4-38-27-21(15-24(28(38)39)20-5-10-25(30-17-20)26-31-16-19(2)33-26)18-32-29(35-27)34-22-6-8-23(9-7-22)37-13-11-36(3)12-14-37/h5-10,15,17-18H,4,11-14,16H2,1-3H3,(H,32,34,35). The van der Waals surface area contributed by atoms with E-state index in [0.29, 0.717) is 41.8 Å². The molecule has 0 aliphatic carbocycles. The van der Waals surface area contributed by atoms with E-state index < -0.39 is 0 Å². The molecule has 1 aromatic carbocycles. The molecule has 2 aliphatic rings. The van der Waals surface area contributed by atoms with Gasteiger partial charge in [0.25, 0.3) is 5.56 Å². The number of piperazine rings is 1. The Kier molecular flexibility index (Phi) is 6.62. The van der Waals surface area contributed by atoms with Crippen molar-refractivity contribution >= 4 is 39.9 Å². The van der Waals surface area contributed by atoms with Crippen LogP contribution in [0.2, 0.25) is 0 Å². The summed E-state index contributed by atoms with van der Waals surface area (Å²) in [4.78, 5) is 40.8. The summed E-state index contributed by atoms with van der Waals surface area (Å²) in [7, 11) is 2.16. The first-order valence-electron chi connectivity index (χ1n) is 13.2. The zero-order valence-electron chi connectivity index (χ0n) is 22.4. The molecular formula is C29H31N9O. The third-order valence-corrected chi connectivity index (χ3v) is 7.19. The van der Waals surface area contributed by atoms with Crippen LogP contribution in [-0.4, -0.2) is 75.7 Å². The van der Waals surface area contributed by atoms with Gasteiger partial charge in [-0.05, 0) is 57.3 Å². The number of nitrogens with one attached hydrogen (secondary N) is 1. The molecule has 10 heteroatoms. The van der Waals surface area contributed by atoms with Crippen LogP contribution in [-0.2, 0) is 6.54 Å². The Labute approximate surface area is 226 Å². The molecule has 0 spiro atoms. The Morgan fingerprint density at radius 1 is 0.974 bits per heavy atom. The molecule has 1 saturated heterocycles. The van der Waals surface area contributed by atoms with Gasteiger partial charge in [-0.15, -0.1) is 0 Å². The summed E-state index contributed by atoms with van der Waals surface area (Å²) in [6.07, 6.45) is 3.46. The predicted molar refractivity (Wildman–Crippen MR) is 157 cm³/mol. The van der Waals surface area contributed by atoms with Crippen molar-refractivity contribution in [1.82, 2.24) is 24.4 Å².